The lowest BCUT2D eigenvalue weighted by Crippen LogP contribution is -2.47. The van der Waals surface area contributed by atoms with Gasteiger partial charge in [-0.2, -0.15) is 5.26 Å². The molecule has 4 N–H and O–H groups in total. The quantitative estimate of drug-likeness (QED) is 0.338. The van der Waals surface area contributed by atoms with Crippen LogP contribution in [0.5, 0.6) is 0 Å². The topological polar surface area (TPSA) is 86.2 Å². The minimum absolute atomic E-state index is 0.472. The normalized spacial score (nSPS) is 16.5. The SMILES string of the molecule is N#Cc1ccc(CN=C(NN)NC2CCCCC2)cc1. The molecule has 20 heavy (non-hydrogen) atoms. The van der Waals surface area contributed by atoms with E-state index in [4.69, 9.17) is 11.1 Å². The van der Waals surface area contributed by atoms with Crippen molar-refractivity contribution < 1.29 is 0 Å². The summed E-state index contributed by atoms with van der Waals surface area (Å²) in [5.41, 5.74) is 4.35. The zero-order valence-corrected chi connectivity index (χ0v) is 11.6. The number of hydrazine groups is 1. The second kappa shape index (κ2) is 7.51. The fourth-order valence-corrected chi connectivity index (χ4v) is 2.43. The minimum atomic E-state index is 0.472. The maximum absolute atomic E-state index is 8.75. The monoisotopic (exact) mass is 271 g/mol. The molecule has 5 heteroatoms. The van der Waals surface area contributed by atoms with Crippen molar-refractivity contribution in [1.82, 2.24) is 10.7 Å². The van der Waals surface area contributed by atoms with Crippen molar-refractivity contribution in [1.29, 1.82) is 5.26 Å². The molecule has 1 aromatic carbocycles. The summed E-state index contributed by atoms with van der Waals surface area (Å²) in [6, 6.07) is 10.0. The van der Waals surface area contributed by atoms with Crippen LogP contribution in [0.2, 0.25) is 0 Å². The van der Waals surface area contributed by atoms with Gasteiger partial charge in [0, 0.05) is 6.04 Å². The van der Waals surface area contributed by atoms with Crippen LogP contribution in [-0.2, 0) is 6.54 Å². The van der Waals surface area contributed by atoms with E-state index in [9.17, 15) is 0 Å². The molecule has 1 saturated carbocycles. The van der Waals surface area contributed by atoms with Gasteiger partial charge in [0.1, 0.15) is 0 Å². The number of nitrogens with zero attached hydrogens (tertiary/aromatic N) is 2. The molecule has 0 radical (unpaired) electrons. The molecule has 0 heterocycles. The van der Waals surface area contributed by atoms with E-state index in [1.807, 2.05) is 12.1 Å². The highest BCUT2D eigenvalue weighted by Crippen LogP contribution is 2.17. The van der Waals surface area contributed by atoms with Crippen molar-refractivity contribution in [2.75, 3.05) is 0 Å². The predicted molar refractivity (Wildman–Crippen MR) is 79.6 cm³/mol. The van der Waals surface area contributed by atoms with E-state index in [2.05, 4.69) is 21.8 Å². The first-order chi connectivity index (χ1) is 9.81. The Kier molecular flexibility index (Phi) is 5.39. The number of hydrogen-bond donors (Lipinski definition) is 3. The lowest BCUT2D eigenvalue weighted by molar-refractivity contribution is 0.410. The van der Waals surface area contributed by atoms with E-state index in [-0.39, 0.29) is 0 Å². The van der Waals surface area contributed by atoms with Crippen LogP contribution in [0.15, 0.2) is 29.3 Å². The van der Waals surface area contributed by atoms with Gasteiger partial charge in [-0.05, 0) is 30.5 Å². The van der Waals surface area contributed by atoms with Crippen LogP contribution in [0.3, 0.4) is 0 Å². The van der Waals surface area contributed by atoms with Gasteiger partial charge in [0.15, 0.2) is 0 Å². The van der Waals surface area contributed by atoms with Gasteiger partial charge in [0.2, 0.25) is 5.96 Å². The Labute approximate surface area is 119 Å². The summed E-state index contributed by atoms with van der Waals surface area (Å²) in [5.74, 6) is 6.15. The highest BCUT2D eigenvalue weighted by atomic mass is 15.3. The van der Waals surface area contributed by atoms with Crippen molar-refractivity contribution in [2.24, 2.45) is 10.8 Å². The van der Waals surface area contributed by atoms with E-state index in [1.54, 1.807) is 12.1 Å². The van der Waals surface area contributed by atoms with Crippen LogP contribution in [0.4, 0.5) is 0 Å². The average Bonchev–Trinajstić information content (AvgIpc) is 2.53. The second-order valence-electron chi connectivity index (χ2n) is 5.10. The fourth-order valence-electron chi connectivity index (χ4n) is 2.43. The summed E-state index contributed by atoms with van der Waals surface area (Å²) in [7, 11) is 0. The molecule has 5 nitrogen and oxygen atoms in total. The average molecular weight is 271 g/mol. The summed E-state index contributed by atoms with van der Waals surface area (Å²) >= 11 is 0. The predicted octanol–water partition coefficient (Wildman–Crippen LogP) is 1.80. The molecule has 0 amide bonds. The molecule has 0 unspecified atom stereocenters. The summed E-state index contributed by atoms with van der Waals surface area (Å²) in [5, 5.41) is 12.1. The van der Waals surface area contributed by atoms with E-state index < -0.39 is 0 Å². The third-order valence-corrected chi connectivity index (χ3v) is 3.59. The van der Waals surface area contributed by atoms with Gasteiger partial charge in [-0.25, -0.2) is 10.8 Å². The first-order valence-corrected chi connectivity index (χ1v) is 7.08. The molecule has 0 saturated heterocycles. The molecule has 1 fully saturated rings. The van der Waals surface area contributed by atoms with E-state index in [0.717, 1.165) is 5.56 Å². The Bertz CT molecular complexity index is 480. The molecule has 1 aromatic rings. The lowest BCUT2D eigenvalue weighted by Gasteiger charge is -2.24. The summed E-state index contributed by atoms with van der Waals surface area (Å²) in [4.78, 5) is 4.45. The number of guanidine groups is 1. The van der Waals surface area contributed by atoms with Crippen molar-refractivity contribution in [3.8, 4) is 6.07 Å². The first-order valence-electron chi connectivity index (χ1n) is 7.08. The zero-order chi connectivity index (χ0) is 14.2. The standard InChI is InChI=1S/C15H21N5/c16-10-12-6-8-13(9-7-12)11-18-15(20-17)19-14-4-2-1-3-5-14/h6-9,14H,1-5,11,17H2,(H2,18,19,20). The maximum atomic E-state index is 8.75. The Morgan fingerprint density at radius 1 is 1.25 bits per heavy atom. The van der Waals surface area contributed by atoms with Crippen LogP contribution in [0.25, 0.3) is 0 Å². The highest BCUT2D eigenvalue weighted by Gasteiger charge is 2.13. The third kappa shape index (κ3) is 4.25. The highest BCUT2D eigenvalue weighted by molar-refractivity contribution is 5.79. The summed E-state index contributed by atoms with van der Waals surface area (Å²) in [6.45, 7) is 0.547. The second-order valence-corrected chi connectivity index (χ2v) is 5.10. The van der Waals surface area contributed by atoms with Crippen LogP contribution < -0.4 is 16.6 Å². The zero-order valence-electron chi connectivity index (χ0n) is 11.6. The molecule has 0 spiro atoms. The van der Waals surface area contributed by atoms with Gasteiger partial charge >= 0.3 is 0 Å². The van der Waals surface area contributed by atoms with Gasteiger partial charge in [-0.15, -0.1) is 0 Å². The van der Waals surface area contributed by atoms with Gasteiger partial charge in [-0.3, -0.25) is 5.43 Å². The lowest BCUT2D eigenvalue weighted by atomic mass is 9.96. The van der Waals surface area contributed by atoms with E-state index in [1.165, 1.54) is 32.1 Å². The number of nitrogens with two attached hydrogens (primary N) is 1. The van der Waals surface area contributed by atoms with Gasteiger partial charge in [0.05, 0.1) is 18.2 Å². The molecular formula is C15H21N5. The fraction of sp³-hybridized carbons (Fsp3) is 0.467. The molecule has 2 rings (SSSR count). The number of hydrogen-bond acceptors (Lipinski definition) is 3. The van der Waals surface area contributed by atoms with Crippen molar-refractivity contribution >= 4 is 5.96 Å². The number of nitrogens with one attached hydrogen (secondary N) is 2. The largest absolute Gasteiger partial charge is 0.353 e. The van der Waals surface area contributed by atoms with Gasteiger partial charge in [-0.1, -0.05) is 31.4 Å². The van der Waals surface area contributed by atoms with Gasteiger partial charge in [0.25, 0.3) is 0 Å². The number of rotatable bonds is 3. The minimum Gasteiger partial charge on any atom is -0.353 e. The van der Waals surface area contributed by atoms with Crippen molar-refractivity contribution in [3.05, 3.63) is 35.4 Å². The van der Waals surface area contributed by atoms with Crippen LogP contribution in [0.1, 0.15) is 43.2 Å². The molecule has 1 aliphatic carbocycles. The Hall–Kier alpha value is -2.06. The Morgan fingerprint density at radius 3 is 2.55 bits per heavy atom. The van der Waals surface area contributed by atoms with Crippen LogP contribution >= 0.6 is 0 Å². The van der Waals surface area contributed by atoms with Crippen molar-refractivity contribution in [3.63, 3.8) is 0 Å². The van der Waals surface area contributed by atoms with Gasteiger partial charge < -0.3 is 5.32 Å². The van der Waals surface area contributed by atoms with Crippen LogP contribution in [0, 0.1) is 11.3 Å². The van der Waals surface area contributed by atoms with E-state index in [0.29, 0.717) is 24.1 Å². The summed E-state index contributed by atoms with van der Waals surface area (Å²) in [6.07, 6.45) is 6.22. The summed E-state index contributed by atoms with van der Waals surface area (Å²) < 4.78 is 0. The molecular weight excluding hydrogens is 250 g/mol. The molecule has 0 aromatic heterocycles. The Morgan fingerprint density at radius 2 is 1.95 bits per heavy atom. The molecule has 0 aliphatic heterocycles. The third-order valence-electron chi connectivity index (χ3n) is 3.59. The van der Waals surface area contributed by atoms with Crippen LogP contribution in [-0.4, -0.2) is 12.0 Å². The van der Waals surface area contributed by atoms with E-state index >= 15 is 0 Å². The number of benzene rings is 1. The smallest absolute Gasteiger partial charge is 0.206 e. The Balaban J connectivity index is 1.90. The molecule has 106 valence electrons. The molecule has 0 atom stereocenters. The number of aliphatic imine (C=N–C) groups is 1. The molecule has 0 bridgehead atoms. The maximum Gasteiger partial charge on any atom is 0.206 e. The first kappa shape index (κ1) is 14.4. The molecule has 1 aliphatic rings. The van der Waals surface area contributed by atoms with Crippen molar-refractivity contribution in [2.45, 2.75) is 44.7 Å². The number of nitriles is 1.